The molecule has 0 amide bonds. The summed E-state index contributed by atoms with van der Waals surface area (Å²) in [6.45, 7) is 0.740. The fourth-order valence-electron chi connectivity index (χ4n) is 5.43. The smallest absolute Gasteiger partial charge is 0.301 e. The molecule has 0 bridgehead atoms. The highest BCUT2D eigenvalue weighted by atomic mass is 32.2. The van der Waals surface area contributed by atoms with Crippen LogP contribution in [0.15, 0.2) is 35.4 Å². The molecule has 6 rings (SSSR count). The lowest BCUT2D eigenvalue weighted by Gasteiger charge is -2.54. The Balaban J connectivity index is 1.42. The van der Waals surface area contributed by atoms with E-state index in [2.05, 4.69) is 9.71 Å². The van der Waals surface area contributed by atoms with Gasteiger partial charge in [0.05, 0.1) is 22.9 Å². The maximum absolute atomic E-state index is 14.8. The summed E-state index contributed by atoms with van der Waals surface area (Å²) in [5.41, 5.74) is -0.573. The van der Waals surface area contributed by atoms with Crippen molar-refractivity contribution in [3.05, 3.63) is 57.6 Å². The lowest BCUT2D eigenvalue weighted by Crippen LogP contribution is -2.62. The zero-order valence-electron chi connectivity index (χ0n) is 19.9. The van der Waals surface area contributed by atoms with Crippen LogP contribution in [0.3, 0.4) is 0 Å². The SMILES string of the molecule is Cn1cnc2ccc(Oc3c(C#N)c(NS(=O)(=O)N4CC5(CCC5)C4)cc4c3CCC4(F)F)cc2c1=O. The van der Waals surface area contributed by atoms with Gasteiger partial charge in [0.25, 0.3) is 11.5 Å². The van der Waals surface area contributed by atoms with Crippen molar-refractivity contribution < 1.29 is 21.9 Å². The highest BCUT2D eigenvalue weighted by Crippen LogP contribution is 2.51. The Labute approximate surface area is 211 Å². The molecule has 1 aliphatic heterocycles. The molecule has 192 valence electrons. The topological polar surface area (TPSA) is 117 Å². The van der Waals surface area contributed by atoms with Gasteiger partial charge in [0.1, 0.15) is 17.4 Å². The van der Waals surface area contributed by atoms with Gasteiger partial charge in [-0.1, -0.05) is 6.42 Å². The van der Waals surface area contributed by atoms with Crippen LogP contribution < -0.4 is 15.0 Å². The molecule has 1 saturated heterocycles. The van der Waals surface area contributed by atoms with E-state index in [9.17, 15) is 27.3 Å². The second-order valence-corrected chi connectivity index (χ2v) is 11.8. The van der Waals surface area contributed by atoms with E-state index in [-0.39, 0.29) is 56.7 Å². The van der Waals surface area contributed by atoms with Gasteiger partial charge in [0, 0.05) is 37.7 Å². The van der Waals surface area contributed by atoms with Crippen molar-refractivity contribution in [1.82, 2.24) is 13.9 Å². The predicted molar refractivity (Wildman–Crippen MR) is 131 cm³/mol. The molecule has 3 aliphatic rings. The lowest BCUT2D eigenvalue weighted by atomic mass is 9.65. The van der Waals surface area contributed by atoms with Crippen LogP contribution in [0.25, 0.3) is 10.9 Å². The molecule has 2 heterocycles. The van der Waals surface area contributed by atoms with Crippen molar-refractivity contribution >= 4 is 26.8 Å². The molecule has 3 aromatic rings. The number of rotatable bonds is 5. The van der Waals surface area contributed by atoms with Crippen LogP contribution in [0.1, 0.15) is 42.4 Å². The van der Waals surface area contributed by atoms with Crippen molar-refractivity contribution in [2.45, 2.75) is 38.0 Å². The number of anilines is 1. The van der Waals surface area contributed by atoms with Gasteiger partial charge in [0.2, 0.25) is 0 Å². The lowest BCUT2D eigenvalue weighted by molar-refractivity contribution is -0.00753. The van der Waals surface area contributed by atoms with E-state index in [1.165, 1.54) is 27.3 Å². The summed E-state index contributed by atoms with van der Waals surface area (Å²) in [6, 6.07) is 7.49. The Morgan fingerprint density at radius 2 is 1.95 bits per heavy atom. The number of benzene rings is 2. The number of hydrogen-bond donors (Lipinski definition) is 1. The maximum atomic E-state index is 14.8. The maximum Gasteiger partial charge on any atom is 0.301 e. The largest absolute Gasteiger partial charge is 0.456 e. The van der Waals surface area contributed by atoms with Crippen molar-refractivity contribution in [3.63, 3.8) is 0 Å². The molecule has 9 nitrogen and oxygen atoms in total. The number of fused-ring (bicyclic) bond motifs is 2. The first-order valence-corrected chi connectivity index (χ1v) is 13.4. The van der Waals surface area contributed by atoms with Gasteiger partial charge < -0.3 is 9.30 Å². The minimum atomic E-state index is -4.06. The number of nitrogens with zero attached hydrogens (tertiary/aromatic N) is 4. The molecule has 1 aromatic heterocycles. The minimum absolute atomic E-state index is 0.0219. The van der Waals surface area contributed by atoms with Crippen LogP contribution in [-0.2, 0) is 29.6 Å². The van der Waals surface area contributed by atoms with Crippen molar-refractivity contribution in [3.8, 4) is 17.6 Å². The third-order valence-electron chi connectivity index (χ3n) is 7.70. The van der Waals surface area contributed by atoms with E-state index in [0.29, 0.717) is 18.6 Å². The van der Waals surface area contributed by atoms with Gasteiger partial charge in [0.15, 0.2) is 5.75 Å². The van der Waals surface area contributed by atoms with E-state index in [1.54, 1.807) is 13.1 Å². The summed E-state index contributed by atoms with van der Waals surface area (Å²) < 4.78 is 66.7. The van der Waals surface area contributed by atoms with E-state index in [1.807, 2.05) is 6.07 Å². The first kappa shape index (κ1) is 23.8. The van der Waals surface area contributed by atoms with Crippen LogP contribution in [-0.4, -0.2) is 35.4 Å². The van der Waals surface area contributed by atoms with Gasteiger partial charge >= 0.3 is 10.2 Å². The molecule has 0 unspecified atom stereocenters. The van der Waals surface area contributed by atoms with Crippen LogP contribution in [0.4, 0.5) is 14.5 Å². The molecule has 0 radical (unpaired) electrons. The summed E-state index contributed by atoms with van der Waals surface area (Å²) in [4.78, 5) is 16.7. The van der Waals surface area contributed by atoms with Crippen LogP contribution >= 0.6 is 0 Å². The number of aromatic nitrogens is 2. The molecule has 1 N–H and O–H groups in total. The van der Waals surface area contributed by atoms with Gasteiger partial charge in [-0.3, -0.25) is 9.52 Å². The van der Waals surface area contributed by atoms with E-state index in [4.69, 9.17) is 4.74 Å². The number of halogens is 2. The summed E-state index contributed by atoms with van der Waals surface area (Å²) in [7, 11) is -2.51. The number of nitriles is 1. The number of ether oxygens (including phenoxy) is 1. The number of hydrogen-bond acceptors (Lipinski definition) is 6. The average Bonchev–Trinajstić information content (AvgIpc) is 3.08. The minimum Gasteiger partial charge on any atom is -0.456 e. The fraction of sp³-hybridized carbons (Fsp3) is 0.400. The Bertz CT molecular complexity index is 1670. The molecule has 37 heavy (non-hydrogen) atoms. The predicted octanol–water partition coefficient (Wildman–Crippen LogP) is 3.78. The summed E-state index contributed by atoms with van der Waals surface area (Å²) in [6.07, 6.45) is 3.85. The molecule has 1 saturated carbocycles. The molecular formula is C25H23F2N5O4S. The standard InChI is InChI=1S/C25H23F2N5O4S/c1-31-14-29-20-4-3-15(9-17(20)23(31)33)36-22-16-5-8-25(26,27)19(16)10-21(18(22)11-28)30-37(34,35)32-12-24(13-32)6-2-7-24/h3-4,9-10,14,30H,2,5-8,12-13H2,1H3. The van der Waals surface area contributed by atoms with Gasteiger partial charge in [-0.15, -0.1) is 0 Å². The fourth-order valence-corrected chi connectivity index (χ4v) is 6.89. The van der Waals surface area contributed by atoms with Crippen molar-refractivity contribution in [1.29, 1.82) is 5.26 Å². The highest BCUT2D eigenvalue weighted by molar-refractivity contribution is 7.90. The summed E-state index contributed by atoms with van der Waals surface area (Å²) >= 11 is 0. The van der Waals surface area contributed by atoms with Gasteiger partial charge in [-0.2, -0.15) is 18.0 Å². The van der Waals surface area contributed by atoms with Crippen molar-refractivity contribution in [2.75, 3.05) is 17.8 Å². The highest BCUT2D eigenvalue weighted by Gasteiger charge is 2.51. The Hall–Kier alpha value is -3.56. The monoisotopic (exact) mass is 527 g/mol. The second-order valence-electron chi connectivity index (χ2n) is 10.1. The zero-order valence-corrected chi connectivity index (χ0v) is 20.7. The van der Waals surface area contributed by atoms with Crippen LogP contribution in [0, 0.1) is 16.7 Å². The van der Waals surface area contributed by atoms with Gasteiger partial charge in [-0.05, 0) is 48.9 Å². The third kappa shape index (κ3) is 3.76. The van der Waals surface area contributed by atoms with Crippen LogP contribution in [0.2, 0.25) is 0 Å². The Morgan fingerprint density at radius 1 is 1.19 bits per heavy atom. The molecule has 2 fully saturated rings. The molecule has 1 spiro atoms. The zero-order chi connectivity index (χ0) is 26.2. The third-order valence-corrected chi connectivity index (χ3v) is 9.12. The first-order valence-electron chi connectivity index (χ1n) is 11.9. The molecule has 12 heteroatoms. The normalized spacial score (nSPS) is 19.6. The number of alkyl halides is 2. The van der Waals surface area contributed by atoms with Crippen LogP contribution in [0.5, 0.6) is 11.5 Å². The van der Waals surface area contributed by atoms with E-state index >= 15 is 0 Å². The average molecular weight is 528 g/mol. The van der Waals surface area contributed by atoms with E-state index < -0.39 is 22.6 Å². The Kier molecular flexibility index (Phi) is 5.13. The molecular weight excluding hydrogens is 504 g/mol. The summed E-state index contributed by atoms with van der Waals surface area (Å²) in [5.74, 6) is -3.22. The molecule has 0 atom stereocenters. The second kappa shape index (κ2) is 7.97. The quantitative estimate of drug-likeness (QED) is 0.540. The number of nitrogens with one attached hydrogen (secondary N) is 1. The Morgan fingerprint density at radius 3 is 2.62 bits per heavy atom. The van der Waals surface area contributed by atoms with Gasteiger partial charge in [-0.25, -0.2) is 13.8 Å². The number of aryl methyl sites for hydroxylation is 1. The van der Waals surface area contributed by atoms with Crippen molar-refractivity contribution in [2.24, 2.45) is 12.5 Å². The molecule has 2 aromatic carbocycles. The van der Waals surface area contributed by atoms with E-state index in [0.717, 1.165) is 25.3 Å². The molecule has 2 aliphatic carbocycles. The first-order chi connectivity index (χ1) is 17.5. The summed E-state index contributed by atoms with van der Waals surface area (Å²) in [5, 5.41) is 10.3.